The van der Waals surface area contributed by atoms with E-state index in [9.17, 15) is 9.59 Å². The minimum atomic E-state index is -0.101. The van der Waals surface area contributed by atoms with Crippen LogP contribution in [0.25, 0.3) is 0 Å². The molecule has 146 valence electrons. The van der Waals surface area contributed by atoms with E-state index in [1.807, 2.05) is 25.9 Å². The smallest absolute Gasteiger partial charge is 0.257 e. The van der Waals surface area contributed by atoms with E-state index >= 15 is 0 Å². The van der Waals surface area contributed by atoms with Gasteiger partial charge in [-0.2, -0.15) is 0 Å². The molecule has 0 unspecified atom stereocenters. The van der Waals surface area contributed by atoms with E-state index in [-0.39, 0.29) is 24.3 Å². The minimum Gasteiger partial charge on any atom is -0.466 e. The Labute approximate surface area is 155 Å². The highest BCUT2D eigenvalue weighted by atomic mass is 16.5. The first kappa shape index (κ1) is 20.5. The highest BCUT2D eigenvalue weighted by Gasteiger charge is 2.26. The van der Waals surface area contributed by atoms with Gasteiger partial charge in [-0.1, -0.05) is 0 Å². The molecule has 1 aliphatic heterocycles. The molecule has 26 heavy (non-hydrogen) atoms. The van der Waals surface area contributed by atoms with E-state index in [4.69, 9.17) is 9.15 Å². The molecule has 2 rings (SSSR count). The molecule has 0 aliphatic carbocycles. The number of amides is 2. The van der Waals surface area contributed by atoms with Crippen molar-refractivity contribution in [3.63, 3.8) is 0 Å². The van der Waals surface area contributed by atoms with Gasteiger partial charge < -0.3 is 24.3 Å². The second kappa shape index (κ2) is 9.73. The Kier molecular flexibility index (Phi) is 7.66. The molecule has 1 aromatic rings. The summed E-state index contributed by atoms with van der Waals surface area (Å²) in [4.78, 5) is 28.8. The summed E-state index contributed by atoms with van der Waals surface area (Å²) < 4.78 is 11.2. The van der Waals surface area contributed by atoms with Gasteiger partial charge in [0.1, 0.15) is 11.5 Å². The number of nitrogens with one attached hydrogen (secondary N) is 1. The normalized spacial score (nSPS) is 16.9. The summed E-state index contributed by atoms with van der Waals surface area (Å²) in [7, 11) is 3.92. The van der Waals surface area contributed by atoms with Gasteiger partial charge in [0, 0.05) is 39.2 Å². The van der Waals surface area contributed by atoms with Crippen LogP contribution in [0, 0.1) is 13.8 Å². The van der Waals surface area contributed by atoms with E-state index < -0.39 is 0 Å². The Hall–Kier alpha value is -1.86. The van der Waals surface area contributed by atoms with Gasteiger partial charge >= 0.3 is 0 Å². The van der Waals surface area contributed by atoms with Crippen molar-refractivity contribution in [1.29, 1.82) is 0 Å². The number of rotatable bonds is 9. The van der Waals surface area contributed by atoms with Crippen LogP contribution in [0.15, 0.2) is 10.5 Å². The third-order valence-corrected chi connectivity index (χ3v) is 4.50. The van der Waals surface area contributed by atoms with Crippen LogP contribution in [0.3, 0.4) is 0 Å². The fourth-order valence-corrected chi connectivity index (χ4v) is 3.07. The SMILES string of the molecule is Cc1cc(C(=O)N(CCC(=O)NCCN(C)C)C[C@H]2CCCO2)c(C)o1. The van der Waals surface area contributed by atoms with Crippen molar-refractivity contribution in [2.75, 3.05) is 46.9 Å². The highest BCUT2D eigenvalue weighted by Crippen LogP contribution is 2.19. The third kappa shape index (κ3) is 6.14. The van der Waals surface area contributed by atoms with Crippen molar-refractivity contribution in [3.05, 3.63) is 23.2 Å². The van der Waals surface area contributed by atoms with Crippen LogP contribution < -0.4 is 5.32 Å². The third-order valence-electron chi connectivity index (χ3n) is 4.50. The van der Waals surface area contributed by atoms with Crippen molar-refractivity contribution in [2.24, 2.45) is 0 Å². The lowest BCUT2D eigenvalue weighted by Gasteiger charge is -2.25. The summed E-state index contributed by atoms with van der Waals surface area (Å²) >= 11 is 0. The molecule has 1 aliphatic rings. The summed E-state index contributed by atoms with van der Waals surface area (Å²) in [5, 5.41) is 2.89. The number of furan rings is 1. The van der Waals surface area contributed by atoms with Gasteiger partial charge in [0.15, 0.2) is 0 Å². The van der Waals surface area contributed by atoms with E-state index in [0.717, 1.165) is 26.0 Å². The topological polar surface area (TPSA) is 75.0 Å². The van der Waals surface area contributed by atoms with E-state index in [2.05, 4.69) is 5.32 Å². The number of likely N-dealkylation sites (N-methyl/N-ethyl adjacent to an activating group) is 1. The minimum absolute atomic E-state index is 0.0444. The van der Waals surface area contributed by atoms with Crippen molar-refractivity contribution in [3.8, 4) is 0 Å². The van der Waals surface area contributed by atoms with Crippen LogP contribution >= 0.6 is 0 Å². The maximum atomic E-state index is 13.0. The predicted molar refractivity (Wildman–Crippen MR) is 99.2 cm³/mol. The van der Waals surface area contributed by atoms with Gasteiger partial charge in [-0.3, -0.25) is 9.59 Å². The zero-order valence-electron chi connectivity index (χ0n) is 16.3. The first-order valence-corrected chi connectivity index (χ1v) is 9.26. The molecule has 0 saturated carbocycles. The molecule has 7 heteroatoms. The fourth-order valence-electron chi connectivity index (χ4n) is 3.07. The number of aryl methyl sites for hydroxylation is 2. The van der Waals surface area contributed by atoms with E-state index in [1.54, 1.807) is 17.9 Å². The molecule has 2 heterocycles. The summed E-state index contributed by atoms with van der Waals surface area (Å²) in [5.41, 5.74) is 0.563. The number of carbonyl (C=O) groups is 2. The van der Waals surface area contributed by atoms with Crippen molar-refractivity contribution in [2.45, 2.75) is 39.2 Å². The Bertz CT molecular complexity index is 606. The van der Waals surface area contributed by atoms with Gasteiger partial charge in [0.2, 0.25) is 5.91 Å². The monoisotopic (exact) mass is 365 g/mol. The van der Waals surface area contributed by atoms with Crippen molar-refractivity contribution >= 4 is 11.8 Å². The van der Waals surface area contributed by atoms with Gasteiger partial charge in [0.05, 0.1) is 11.7 Å². The Morgan fingerprint density at radius 1 is 1.27 bits per heavy atom. The number of carbonyl (C=O) groups excluding carboxylic acids is 2. The predicted octanol–water partition coefficient (Wildman–Crippen LogP) is 1.59. The standard InChI is InChI=1S/C19H31N3O4/c1-14-12-17(15(2)26-14)19(24)22(13-16-6-5-11-25-16)9-7-18(23)20-8-10-21(3)4/h12,16H,5-11,13H2,1-4H3,(H,20,23)/t16-/m1/s1. The van der Waals surface area contributed by atoms with Crippen LogP contribution in [0.1, 0.15) is 41.1 Å². The summed E-state index contributed by atoms with van der Waals surface area (Å²) in [6.45, 7) is 6.62. The second-order valence-corrected chi connectivity index (χ2v) is 7.12. The molecule has 1 saturated heterocycles. The van der Waals surface area contributed by atoms with Gasteiger partial charge in [0.25, 0.3) is 5.91 Å². The molecule has 0 bridgehead atoms. The Morgan fingerprint density at radius 2 is 2.04 bits per heavy atom. The van der Waals surface area contributed by atoms with Crippen LogP contribution in [0.4, 0.5) is 0 Å². The maximum Gasteiger partial charge on any atom is 0.257 e. The van der Waals surface area contributed by atoms with Crippen LogP contribution in [0.5, 0.6) is 0 Å². The van der Waals surface area contributed by atoms with Gasteiger partial charge in [-0.25, -0.2) is 0 Å². The zero-order valence-corrected chi connectivity index (χ0v) is 16.3. The fraction of sp³-hybridized carbons (Fsp3) is 0.684. The highest BCUT2D eigenvalue weighted by molar-refractivity contribution is 5.95. The zero-order chi connectivity index (χ0) is 19.1. The van der Waals surface area contributed by atoms with Gasteiger partial charge in [-0.05, 0) is 46.9 Å². The Balaban J connectivity index is 1.95. The molecule has 1 aromatic heterocycles. The number of nitrogens with zero attached hydrogens (tertiary/aromatic N) is 2. The summed E-state index contributed by atoms with van der Waals surface area (Å²) in [6.07, 6.45) is 2.29. The lowest BCUT2D eigenvalue weighted by molar-refractivity contribution is -0.121. The molecule has 0 aromatic carbocycles. The lowest BCUT2D eigenvalue weighted by Crippen LogP contribution is -2.40. The number of hydrogen-bond donors (Lipinski definition) is 1. The average Bonchev–Trinajstić information content (AvgIpc) is 3.19. The molecule has 0 radical (unpaired) electrons. The van der Waals surface area contributed by atoms with E-state index in [0.29, 0.717) is 36.7 Å². The van der Waals surface area contributed by atoms with Crippen molar-refractivity contribution < 1.29 is 18.7 Å². The van der Waals surface area contributed by atoms with Gasteiger partial charge in [-0.15, -0.1) is 0 Å². The average molecular weight is 365 g/mol. The first-order chi connectivity index (χ1) is 12.4. The molecule has 2 amide bonds. The summed E-state index contributed by atoms with van der Waals surface area (Å²) in [6, 6.07) is 1.76. The first-order valence-electron chi connectivity index (χ1n) is 9.26. The maximum absolute atomic E-state index is 13.0. The molecule has 0 spiro atoms. The number of hydrogen-bond acceptors (Lipinski definition) is 5. The van der Waals surface area contributed by atoms with Crippen LogP contribution in [-0.4, -0.2) is 74.6 Å². The van der Waals surface area contributed by atoms with Crippen LogP contribution in [0.2, 0.25) is 0 Å². The molecule has 7 nitrogen and oxygen atoms in total. The molecule has 1 N–H and O–H groups in total. The number of ether oxygens (including phenoxy) is 1. The molecule has 1 fully saturated rings. The molecule has 1 atom stereocenters. The molecular weight excluding hydrogens is 334 g/mol. The van der Waals surface area contributed by atoms with Crippen LogP contribution in [-0.2, 0) is 9.53 Å². The second-order valence-electron chi connectivity index (χ2n) is 7.12. The van der Waals surface area contributed by atoms with Crippen molar-refractivity contribution in [1.82, 2.24) is 15.1 Å². The van der Waals surface area contributed by atoms with E-state index in [1.165, 1.54) is 0 Å². The Morgan fingerprint density at radius 3 is 2.62 bits per heavy atom. The quantitative estimate of drug-likeness (QED) is 0.719. The lowest BCUT2D eigenvalue weighted by atomic mass is 10.1. The summed E-state index contributed by atoms with van der Waals surface area (Å²) in [5.74, 6) is 1.18. The largest absolute Gasteiger partial charge is 0.466 e. The molecular formula is C19H31N3O4.